The number of benzene rings is 1. The van der Waals surface area contributed by atoms with Crippen LogP contribution in [0.3, 0.4) is 0 Å². The van der Waals surface area contributed by atoms with Crippen LogP contribution in [0.4, 0.5) is 0 Å². The van der Waals surface area contributed by atoms with E-state index in [4.69, 9.17) is 0 Å². The van der Waals surface area contributed by atoms with Crippen molar-refractivity contribution >= 4 is 31.7 Å². The van der Waals surface area contributed by atoms with Crippen LogP contribution in [0.2, 0.25) is 0 Å². The smallest absolute Gasteiger partial charge is 0.325 e. The lowest BCUT2D eigenvalue weighted by Crippen LogP contribution is -2.63. The minimum Gasteiger partial charge on any atom is -0.480 e. The molecular formula is C14H15BrO4S. The second-order valence-electron chi connectivity index (χ2n) is 5.94. The summed E-state index contributed by atoms with van der Waals surface area (Å²) < 4.78 is 24.4. The number of rotatable bonds is 3. The molecule has 2 fully saturated rings. The highest BCUT2D eigenvalue weighted by Crippen LogP contribution is 2.64. The maximum atomic E-state index is 12.8. The van der Waals surface area contributed by atoms with E-state index in [1.54, 1.807) is 18.2 Å². The first-order valence-corrected chi connectivity index (χ1v) is 8.83. The number of carbonyl (C=O) groups is 1. The van der Waals surface area contributed by atoms with Crippen LogP contribution in [-0.4, -0.2) is 24.2 Å². The highest BCUT2D eigenvalue weighted by atomic mass is 79.9. The number of halogens is 1. The third kappa shape index (κ3) is 1.70. The van der Waals surface area contributed by atoms with Crippen molar-refractivity contribution in [2.45, 2.75) is 41.7 Å². The number of aliphatic carboxylic acids is 1. The number of hydrogen-bond donors (Lipinski definition) is 1. The van der Waals surface area contributed by atoms with Gasteiger partial charge in [0.2, 0.25) is 0 Å². The zero-order valence-corrected chi connectivity index (χ0v) is 13.2. The molecule has 0 amide bonds. The lowest BCUT2D eigenvalue weighted by atomic mass is 9.51. The Hall–Kier alpha value is -0.880. The molecule has 0 unspecified atom stereocenters. The van der Waals surface area contributed by atoms with Gasteiger partial charge in [-0.1, -0.05) is 18.6 Å². The normalized spacial score (nSPS) is 22.9. The molecule has 2 aliphatic rings. The summed E-state index contributed by atoms with van der Waals surface area (Å²) in [5.41, 5.74) is -0.0350. The Balaban J connectivity index is 2.05. The van der Waals surface area contributed by atoms with Gasteiger partial charge in [-0.05, 0) is 59.2 Å². The monoisotopic (exact) mass is 358 g/mol. The molecule has 0 radical (unpaired) electrons. The molecule has 2 saturated carbocycles. The zero-order valence-electron chi connectivity index (χ0n) is 10.8. The van der Waals surface area contributed by atoms with Crippen molar-refractivity contribution in [3.05, 3.63) is 28.7 Å². The van der Waals surface area contributed by atoms with Crippen molar-refractivity contribution in [2.75, 3.05) is 0 Å². The third-order valence-electron chi connectivity index (χ3n) is 4.77. The second-order valence-corrected chi connectivity index (χ2v) is 9.02. The van der Waals surface area contributed by atoms with Gasteiger partial charge in [0.15, 0.2) is 14.6 Å². The fraction of sp³-hybridized carbons (Fsp3) is 0.500. The topological polar surface area (TPSA) is 71.4 Å². The average molecular weight is 359 g/mol. The van der Waals surface area contributed by atoms with Gasteiger partial charge in [0, 0.05) is 4.47 Å². The molecule has 1 N–H and O–H groups in total. The lowest BCUT2D eigenvalue weighted by molar-refractivity contribution is -0.150. The van der Waals surface area contributed by atoms with Crippen molar-refractivity contribution in [1.29, 1.82) is 0 Å². The molecular weight excluding hydrogens is 344 g/mol. The van der Waals surface area contributed by atoms with E-state index in [0.717, 1.165) is 19.3 Å². The highest BCUT2D eigenvalue weighted by Gasteiger charge is 2.68. The van der Waals surface area contributed by atoms with Crippen molar-refractivity contribution in [1.82, 2.24) is 0 Å². The van der Waals surface area contributed by atoms with Gasteiger partial charge in [-0.3, -0.25) is 4.79 Å². The fourth-order valence-electron chi connectivity index (χ4n) is 3.52. The predicted molar refractivity (Wildman–Crippen MR) is 77.2 cm³/mol. The molecule has 0 atom stereocenters. The molecule has 0 aromatic heterocycles. The quantitative estimate of drug-likeness (QED) is 0.901. The molecule has 3 rings (SSSR count). The van der Waals surface area contributed by atoms with Gasteiger partial charge >= 0.3 is 5.97 Å². The van der Waals surface area contributed by atoms with E-state index in [-0.39, 0.29) is 23.2 Å². The summed E-state index contributed by atoms with van der Waals surface area (Å²) in [4.78, 5) is 11.7. The van der Waals surface area contributed by atoms with Gasteiger partial charge in [0.05, 0.1) is 4.90 Å². The third-order valence-corrected chi connectivity index (χ3v) is 8.15. The van der Waals surface area contributed by atoms with Gasteiger partial charge in [-0.2, -0.15) is 0 Å². The fourth-order valence-corrected chi connectivity index (χ4v) is 6.67. The first-order chi connectivity index (χ1) is 9.33. The molecule has 0 saturated heterocycles. The van der Waals surface area contributed by atoms with E-state index in [0.29, 0.717) is 4.47 Å². The predicted octanol–water partition coefficient (Wildman–Crippen LogP) is 3.01. The number of hydrogen-bond acceptors (Lipinski definition) is 3. The van der Waals surface area contributed by atoms with Gasteiger partial charge in [-0.15, -0.1) is 0 Å². The standard InChI is InChI=1S/C14H15BrO4S/c15-10-4-1-2-5-11(10)20(18,19)14(12(16)17)8-13(9-14)6-3-7-13/h1-2,4-5H,3,6-9H2,(H,16,17). The molecule has 0 bridgehead atoms. The van der Waals surface area contributed by atoms with Crippen LogP contribution in [0.1, 0.15) is 32.1 Å². The van der Waals surface area contributed by atoms with Crippen LogP contribution in [0, 0.1) is 5.41 Å². The van der Waals surface area contributed by atoms with Gasteiger partial charge in [0.25, 0.3) is 0 Å². The summed E-state index contributed by atoms with van der Waals surface area (Å²) in [5.74, 6) is -1.22. The van der Waals surface area contributed by atoms with Gasteiger partial charge in [-0.25, -0.2) is 8.42 Å². The molecule has 0 aliphatic heterocycles. The lowest BCUT2D eigenvalue weighted by Gasteiger charge is -2.58. The molecule has 4 nitrogen and oxygen atoms in total. The van der Waals surface area contributed by atoms with Crippen LogP contribution < -0.4 is 0 Å². The Morgan fingerprint density at radius 3 is 2.25 bits per heavy atom. The molecule has 20 heavy (non-hydrogen) atoms. The largest absolute Gasteiger partial charge is 0.480 e. The van der Waals surface area contributed by atoms with Crippen LogP contribution in [-0.2, 0) is 14.6 Å². The summed E-state index contributed by atoms with van der Waals surface area (Å²) in [6.07, 6.45) is 3.48. The molecule has 1 spiro atoms. The van der Waals surface area contributed by atoms with E-state index in [1.807, 2.05) is 0 Å². The van der Waals surface area contributed by atoms with E-state index in [9.17, 15) is 18.3 Å². The summed E-state index contributed by atoms with van der Waals surface area (Å²) in [6.45, 7) is 0. The Bertz CT molecular complexity index is 668. The van der Waals surface area contributed by atoms with Gasteiger partial charge in [0.1, 0.15) is 0 Å². The first kappa shape index (κ1) is 14.1. The molecule has 6 heteroatoms. The maximum absolute atomic E-state index is 12.8. The molecule has 1 aromatic carbocycles. The minimum atomic E-state index is -3.89. The zero-order chi connectivity index (χ0) is 14.6. The van der Waals surface area contributed by atoms with Crippen molar-refractivity contribution in [3.63, 3.8) is 0 Å². The van der Waals surface area contributed by atoms with Gasteiger partial charge < -0.3 is 5.11 Å². The summed E-state index contributed by atoms with van der Waals surface area (Å²) in [5, 5.41) is 9.53. The highest BCUT2D eigenvalue weighted by molar-refractivity contribution is 9.10. The second kappa shape index (κ2) is 4.31. The van der Waals surface area contributed by atoms with E-state index >= 15 is 0 Å². The summed E-state index contributed by atoms with van der Waals surface area (Å²) in [6, 6.07) is 6.42. The molecule has 1 aromatic rings. The molecule has 2 aliphatic carbocycles. The molecule has 108 valence electrons. The van der Waals surface area contributed by atoms with Crippen LogP contribution in [0.15, 0.2) is 33.6 Å². The van der Waals surface area contributed by atoms with E-state index in [1.165, 1.54) is 6.07 Å². The van der Waals surface area contributed by atoms with Crippen molar-refractivity contribution in [3.8, 4) is 0 Å². The Morgan fingerprint density at radius 2 is 1.80 bits per heavy atom. The number of carboxylic acids is 1. The first-order valence-electron chi connectivity index (χ1n) is 6.56. The van der Waals surface area contributed by atoms with Crippen molar-refractivity contribution in [2.24, 2.45) is 5.41 Å². The average Bonchev–Trinajstić information content (AvgIpc) is 2.25. The number of carboxylic acid groups (broad SMARTS) is 1. The Labute approximate surface area is 126 Å². The van der Waals surface area contributed by atoms with E-state index in [2.05, 4.69) is 15.9 Å². The summed E-state index contributed by atoms with van der Waals surface area (Å²) >= 11 is 3.21. The van der Waals surface area contributed by atoms with Crippen LogP contribution in [0.25, 0.3) is 0 Å². The Kier molecular flexibility index (Phi) is 3.03. The maximum Gasteiger partial charge on any atom is 0.325 e. The Morgan fingerprint density at radius 1 is 1.20 bits per heavy atom. The minimum absolute atomic E-state index is 0.0350. The van der Waals surface area contributed by atoms with Crippen molar-refractivity contribution < 1.29 is 18.3 Å². The van der Waals surface area contributed by atoms with Crippen LogP contribution in [0.5, 0.6) is 0 Å². The molecule has 0 heterocycles. The summed E-state index contributed by atoms with van der Waals surface area (Å²) in [7, 11) is -3.89. The SMILES string of the molecule is O=C(O)C1(S(=O)(=O)c2ccccc2Br)CC2(CCC2)C1. The van der Waals surface area contributed by atoms with E-state index < -0.39 is 20.6 Å². The number of sulfone groups is 1. The van der Waals surface area contributed by atoms with Crippen LogP contribution >= 0.6 is 15.9 Å².